The molecule has 0 aromatic rings. The van der Waals surface area contributed by atoms with E-state index >= 15 is 0 Å². The van der Waals surface area contributed by atoms with Gasteiger partial charge in [-0.2, -0.15) is 0 Å². The Hall–Kier alpha value is -1.94. The Morgan fingerprint density at radius 3 is 0.835 bits per heavy atom. The van der Waals surface area contributed by atoms with Gasteiger partial charge in [-0.25, -0.2) is 9.13 Å². The smallest absolute Gasteiger partial charge is 0.462 e. The first kappa shape index (κ1) is 89.1. The molecule has 0 aliphatic heterocycles. The third-order valence-corrected chi connectivity index (χ3v) is 18.9. The molecule has 6 atom stereocenters. The number of phosphoric ester groups is 2. The van der Waals surface area contributed by atoms with Gasteiger partial charge in [-0.15, -0.1) is 0 Å². The summed E-state index contributed by atoms with van der Waals surface area (Å²) >= 11 is 0. The van der Waals surface area contributed by atoms with E-state index < -0.39 is 97.5 Å². The van der Waals surface area contributed by atoms with Gasteiger partial charge in [0.1, 0.15) is 19.3 Å². The molecule has 0 saturated carbocycles. The van der Waals surface area contributed by atoms with Crippen LogP contribution in [-0.2, 0) is 65.4 Å². The Bertz CT molecular complexity index is 1790. The predicted octanol–water partition coefficient (Wildman–Crippen LogP) is 20.6. The summed E-state index contributed by atoms with van der Waals surface area (Å²) in [6.07, 6.45) is 47.2. The number of ether oxygens (including phenoxy) is 4. The molecule has 0 fully saturated rings. The van der Waals surface area contributed by atoms with E-state index in [1.54, 1.807) is 0 Å². The quantitative estimate of drug-likeness (QED) is 0.0222. The molecule has 0 spiro atoms. The minimum absolute atomic E-state index is 0.105. The van der Waals surface area contributed by atoms with Crippen molar-refractivity contribution < 1.29 is 80.2 Å². The van der Waals surface area contributed by atoms with Gasteiger partial charge in [0, 0.05) is 25.7 Å². The third-order valence-electron chi connectivity index (χ3n) is 17.0. The maximum Gasteiger partial charge on any atom is 0.472 e. The molecule has 17 nitrogen and oxygen atoms in total. The summed E-state index contributed by atoms with van der Waals surface area (Å²) in [7, 11) is -9.90. The summed E-state index contributed by atoms with van der Waals surface area (Å²) < 4.78 is 68.3. The average Bonchev–Trinajstić information content (AvgIpc) is 3.68. The SMILES string of the molecule is CCCCCCCCCCC(=O)OC[C@H](COP(=O)(O)OC[C@H](O)COP(=O)(O)OC[C@@H](COC(=O)CCCCCCCCCCCCC(C)C)OC(=O)CCCCCCCCCCCCCCCCC(C)CC)OC(=O)CCCCCCCCCCCC(C)C. The van der Waals surface area contributed by atoms with Gasteiger partial charge in [0.05, 0.1) is 26.4 Å². The van der Waals surface area contributed by atoms with E-state index in [1.807, 2.05) is 0 Å². The van der Waals surface area contributed by atoms with Crippen molar-refractivity contribution in [2.24, 2.45) is 17.8 Å². The van der Waals surface area contributed by atoms with Crippen LogP contribution in [-0.4, -0.2) is 96.7 Å². The molecule has 3 unspecified atom stereocenters. The Morgan fingerprint density at radius 1 is 0.319 bits per heavy atom. The largest absolute Gasteiger partial charge is 0.472 e. The second-order valence-electron chi connectivity index (χ2n) is 27.2. The molecule has 0 rings (SSSR count). The van der Waals surface area contributed by atoms with Crippen LogP contribution in [0.4, 0.5) is 0 Å². The number of phosphoric acid groups is 2. The van der Waals surface area contributed by atoms with E-state index in [-0.39, 0.29) is 25.7 Å². The van der Waals surface area contributed by atoms with Gasteiger partial charge < -0.3 is 33.8 Å². The number of unbranched alkanes of at least 4 members (excludes halogenated alkanes) is 37. The highest BCUT2D eigenvalue weighted by molar-refractivity contribution is 7.47. The van der Waals surface area contributed by atoms with Crippen LogP contribution in [0.15, 0.2) is 0 Å². The monoisotopic (exact) mass is 1340 g/mol. The Labute approximate surface area is 556 Å². The van der Waals surface area contributed by atoms with Gasteiger partial charge in [0.15, 0.2) is 12.2 Å². The van der Waals surface area contributed by atoms with Crippen LogP contribution in [0.2, 0.25) is 0 Å². The topological polar surface area (TPSA) is 237 Å². The van der Waals surface area contributed by atoms with Crippen molar-refractivity contribution in [1.29, 1.82) is 0 Å². The van der Waals surface area contributed by atoms with E-state index in [0.717, 1.165) is 114 Å². The summed E-state index contributed by atoms with van der Waals surface area (Å²) in [4.78, 5) is 72.5. The maximum atomic E-state index is 13.0. The molecule has 0 saturated heterocycles. The van der Waals surface area contributed by atoms with Crippen LogP contribution >= 0.6 is 15.6 Å². The summed E-state index contributed by atoms with van der Waals surface area (Å²) in [5.74, 6) is 0.215. The van der Waals surface area contributed by atoms with Gasteiger partial charge in [0.2, 0.25) is 0 Å². The number of hydrogen-bond acceptors (Lipinski definition) is 15. The number of rotatable bonds is 70. The van der Waals surface area contributed by atoms with E-state index in [9.17, 15) is 43.2 Å². The number of carbonyl (C=O) groups is 4. The fourth-order valence-corrected chi connectivity index (χ4v) is 12.4. The lowest BCUT2D eigenvalue weighted by molar-refractivity contribution is -0.161. The molecule has 91 heavy (non-hydrogen) atoms. The standard InChI is InChI=1S/C72H140O17P2/c1-8-10-11-12-13-32-39-46-53-69(74)82-59-67(89-72(77)56-49-42-35-28-22-24-30-37-44-51-64(5)6)61-86-90(78,79)84-57-66(73)58-85-91(80,81)87-62-68(60-83-70(75)54-47-40-33-26-21-20-23-29-36-43-50-63(3)4)88-71(76)55-48-41-34-27-19-17-15-14-16-18-25-31-38-45-52-65(7)9-2/h63-68,73H,8-62H2,1-7H3,(H,78,79)(H,80,81)/t65?,66-,67+,68+/m0/s1. The van der Waals surface area contributed by atoms with Crippen LogP contribution in [0.5, 0.6) is 0 Å². The highest BCUT2D eigenvalue weighted by Crippen LogP contribution is 2.45. The number of hydrogen-bond donors (Lipinski definition) is 3. The lowest BCUT2D eigenvalue weighted by Crippen LogP contribution is -2.30. The van der Waals surface area contributed by atoms with Crippen LogP contribution < -0.4 is 0 Å². The third kappa shape index (κ3) is 65.1. The summed E-state index contributed by atoms with van der Waals surface area (Å²) in [6, 6.07) is 0. The number of aliphatic hydroxyl groups is 1. The lowest BCUT2D eigenvalue weighted by Gasteiger charge is -2.21. The van der Waals surface area contributed by atoms with Crippen LogP contribution in [0.1, 0.15) is 363 Å². The van der Waals surface area contributed by atoms with Gasteiger partial charge in [-0.3, -0.25) is 37.3 Å². The Kier molecular flexibility index (Phi) is 61.5. The normalized spacial score (nSPS) is 14.5. The first-order valence-electron chi connectivity index (χ1n) is 37.4. The maximum absolute atomic E-state index is 13.0. The molecule has 0 aromatic heterocycles. The van der Waals surface area contributed by atoms with Gasteiger partial charge in [-0.1, -0.05) is 312 Å². The van der Waals surface area contributed by atoms with E-state index in [1.165, 1.54) is 167 Å². The molecular formula is C72H140O17P2. The van der Waals surface area contributed by atoms with Crippen molar-refractivity contribution in [3.05, 3.63) is 0 Å². The van der Waals surface area contributed by atoms with Gasteiger partial charge in [0.25, 0.3) is 0 Å². The molecule has 0 aliphatic carbocycles. The predicted molar refractivity (Wildman–Crippen MR) is 368 cm³/mol. The average molecular weight is 1340 g/mol. The highest BCUT2D eigenvalue weighted by Gasteiger charge is 2.30. The summed E-state index contributed by atoms with van der Waals surface area (Å²) in [5, 5.41) is 10.6. The Balaban J connectivity index is 5.22. The van der Waals surface area contributed by atoms with Crippen molar-refractivity contribution in [2.75, 3.05) is 39.6 Å². The van der Waals surface area contributed by atoms with E-state index in [2.05, 4.69) is 48.5 Å². The zero-order chi connectivity index (χ0) is 67.3. The summed E-state index contributed by atoms with van der Waals surface area (Å²) in [6.45, 7) is 11.9. The number of esters is 4. The van der Waals surface area contributed by atoms with Crippen LogP contribution in [0, 0.1) is 17.8 Å². The zero-order valence-corrected chi connectivity index (χ0v) is 61.1. The van der Waals surface area contributed by atoms with Crippen molar-refractivity contribution >= 4 is 39.5 Å². The highest BCUT2D eigenvalue weighted by atomic mass is 31.2. The summed E-state index contributed by atoms with van der Waals surface area (Å²) in [5.41, 5.74) is 0. The molecule has 0 bridgehead atoms. The minimum Gasteiger partial charge on any atom is -0.462 e. The first-order valence-corrected chi connectivity index (χ1v) is 40.4. The molecule has 19 heteroatoms. The fourth-order valence-electron chi connectivity index (χ4n) is 10.9. The molecule has 0 radical (unpaired) electrons. The second-order valence-corrected chi connectivity index (χ2v) is 30.1. The molecule has 0 aromatic carbocycles. The van der Waals surface area contributed by atoms with Crippen molar-refractivity contribution in [2.45, 2.75) is 381 Å². The zero-order valence-electron chi connectivity index (χ0n) is 59.3. The molecular weight excluding hydrogens is 1200 g/mol. The minimum atomic E-state index is -4.95. The molecule has 3 N–H and O–H groups in total. The van der Waals surface area contributed by atoms with E-state index in [0.29, 0.717) is 25.7 Å². The van der Waals surface area contributed by atoms with Crippen LogP contribution in [0.3, 0.4) is 0 Å². The molecule has 540 valence electrons. The van der Waals surface area contributed by atoms with Crippen molar-refractivity contribution in [3.8, 4) is 0 Å². The number of aliphatic hydroxyl groups excluding tert-OH is 1. The van der Waals surface area contributed by atoms with Crippen molar-refractivity contribution in [1.82, 2.24) is 0 Å². The molecule has 0 aliphatic rings. The number of carbonyl (C=O) groups excluding carboxylic acids is 4. The van der Waals surface area contributed by atoms with Crippen molar-refractivity contribution in [3.63, 3.8) is 0 Å². The molecule has 0 heterocycles. The lowest BCUT2D eigenvalue weighted by atomic mass is 9.99. The van der Waals surface area contributed by atoms with Crippen LogP contribution in [0.25, 0.3) is 0 Å². The second kappa shape index (κ2) is 62.8. The first-order chi connectivity index (χ1) is 43.8. The van der Waals surface area contributed by atoms with Gasteiger partial charge >= 0.3 is 39.5 Å². The fraction of sp³-hybridized carbons (Fsp3) is 0.944. The Morgan fingerprint density at radius 2 is 0.560 bits per heavy atom. The van der Waals surface area contributed by atoms with E-state index in [4.69, 9.17) is 37.0 Å². The molecule has 0 amide bonds. The van der Waals surface area contributed by atoms with Gasteiger partial charge in [-0.05, 0) is 43.4 Å².